The molecule has 0 aliphatic carbocycles. The van der Waals surface area contributed by atoms with Crippen LogP contribution in [0.3, 0.4) is 0 Å². The summed E-state index contributed by atoms with van der Waals surface area (Å²) in [5, 5.41) is 3.98. The van der Waals surface area contributed by atoms with Gasteiger partial charge in [0.1, 0.15) is 5.82 Å². The van der Waals surface area contributed by atoms with Crippen LogP contribution in [0.5, 0.6) is 0 Å². The van der Waals surface area contributed by atoms with E-state index in [9.17, 15) is 4.79 Å². The average molecular weight is 340 g/mol. The summed E-state index contributed by atoms with van der Waals surface area (Å²) in [6, 6.07) is 5.09. The third kappa shape index (κ3) is 4.02. The van der Waals surface area contributed by atoms with Gasteiger partial charge in [0.15, 0.2) is 0 Å². The van der Waals surface area contributed by atoms with Crippen LogP contribution in [0.4, 0.5) is 0 Å². The van der Waals surface area contributed by atoms with Crippen LogP contribution in [0.2, 0.25) is 10.0 Å². The summed E-state index contributed by atoms with van der Waals surface area (Å²) >= 11 is 11.9. The van der Waals surface area contributed by atoms with Crippen molar-refractivity contribution in [3.8, 4) is 0 Å². The lowest BCUT2D eigenvalue weighted by molar-refractivity contribution is -0.121. The number of halogens is 2. The molecule has 0 bridgehead atoms. The van der Waals surface area contributed by atoms with E-state index in [1.54, 1.807) is 24.4 Å². The lowest BCUT2D eigenvalue weighted by Gasteiger charge is -2.22. The van der Waals surface area contributed by atoms with Gasteiger partial charge >= 0.3 is 0 Å². The molecule has 1 amide bonds. The van der Waals surface area contributed by atoms with Gasteiger partial charge in [0.2, 0.25) is 5.91 Å². The first kappa shape index (κ1) is 16.8. The summed E-state index contributed by atoms with van der Waals surface area (Å²) in [5.74, 6) is 1.01. The summed E-state index contributed by atoms with van der Waals surface area (Å²) in [6.07, 6.45) is 3.86. The standard InChI is InChI=1S/C16H19Cl2N3O/c1-10(2)15(16-19-6-7-21(16)3)20-14(22)9-11-4-5-12(17)13(18)8-11/h4-8,10,15H,9H2,1-3H3,(H,20,22)/t15-/m0/s1. The van der Waals surface area contributed by atoms with Crippen molar-refractivity contribution in [2.75, 3.05) is 0 Å². The highest BCUT2D eigenvalue weighted by Crippen LogP contribution is 2.23. The number of carbonyl (C=O) groups excluding carboxylic acids is 1. The Hall–Kier alpha value is -1.52. The maximum atomic E-state index is 12.3. The Bertz CT molecular complexity index is 667. The minimum Gasteiger partial charge on any atom is -0.346 e. The van der Waals surface area contributed by atoms with Gasteiger partial charge in [0, 0.05) is 19.4 Å². The Kier molecular flexibility index (Phi) is 5.48. The molecule has 1 atom stereocenters. The number of aromatic nitrogens is 2. The number of nitrogens with one attached hydrogen (secondary N) is 1. The number of carbonyl (C=O) groups is 1. The molecule has 0 spiro atoms. The SMILES string of the molecule is CC(C)[C@H](NC(=O)Cc1ccc(Cl)c(Cl)c1)c1nccn1C. The molecule has 6 heteroatoms. The van der Waals surface area contributed by atoms with Gasteiger partial charge in [-0.3, -0.25) is 4.79 Å². The quantitative estimate of drug-likeness (QED) is 0.900. The van der Waals surface area contributed by atoms with E-state index in [-0.39, 0.29) is 24.3 Å². The van der Waals surface area contributed by atoms with E-state index in [2.05, 4.69) is 24.1 Å². The molecule has 2 aromatic rings. The molecule has 0 aliphatic heterocycles. The molecular formula is C16H19Cl2N3O. The zero-order valence-corrected chi connectivity index (χ0v) is 14.3. The molecule has 1 N–H and O–H groups in total. The predicted molar refractivity (Wildman–Crippen MR) is 89.1 cm³/mol. The van der Waals surface area contributed by atoms with Crippen LogP contribution in [-0.4, -0.2) is 15.5 Å². The lowest BCUT2D eigenvalue weighted by Crippen LogP contribution is -2.34. The molecule has 118 valence electrons. The van der Waals surface area contributed by atoms with Gasteiger partial charge in [0.25, 0.3) is 0 Å². The van der Waals surface area contributed by atoms with Crippen molar-refractivity contribution in [3.05, 3.63) is 52.0 Å². The fourth-order valence-corrected chi connectivity index (χ4v) is 2.59. The van der Waals surface area contributed by atoms with Crippen molar-refractivity contribution in [1.29, 1.82) is 0 Å². The van der Waals surface area contributed by atoms with E-state index >= 15 is 0 Å². The second-order valence-corrected chi connectivity index (χ2v) is 6.43. The van der Waals surface area contributed by atoms with Crippen LogP contribution in [0.15, 0.2) is 30.6 Å². The maximum Gasteiger partial charge on any atom is 0.225 e. The molecular weight excluding hydrogens is 321 g/mol. The molecule has 0 saturated heterocycles. The minimum absolute atomic E-state index is 0.0694. The minimum atomic E-state index is -0.129. The third-order valence-electron chi connectivity index (χ3n) is 3.47. The van der Waals surface area contributed by atoms with Crippen molar-refractivity contribution in [1.82, 2.24) is 14.9 Å². The van der Waals surface area contributed by atoms with Gasteiger partial charge in [-0.25, -0.2) is 4.98 Å². The van der Waals surface area contributed by atoms with Crippen molar-refractivity contribution < 1.29 is 4.79 Å². The summed E-state index contributed by atoms with van der Waals surface area (Å²) in [5.41, 5.74) is 0.828. The van der Waals surface area contributed by atoms with Crippen LogP contribution in [-0.2, 0) is 18.3 Å². The van der Waals surface area contributed by atoms with Crippen LogP contribution in [0.25, 0.3) is 0 Å². The van der Waals surface area contributed by atoms with E-state index < -0.39 is 0 Å². The Labute approximate surface area is 140 Å². The number of hydrogen-bond donors (Lipinski definition) is 1. The van der Waals surface area contributed by atoms with Crippen LogP contribution in [0, 0.1) is 5.92 Å². The van der Waals surface area contributed by atoms with Crippen LogP contribution < -0.4 is 5.32 Å². The molecule has 0 radical (unpaired) electrons. The normalized spacial score (nSPS) is 12.5. The van der Waals surface area contributed by atoms with Gasteiger partial charge in [0.05, 0.1) is 22.5 Å². The lowest BCUT2D eigenvalue weighted by atomic mass is 10.0. The number of imidazole rings is 1. The highest BCUT2D eigenvalue weighted by atomic mass is 35.5. The molecule has 4 nitrogen and oxygen atoms in total. The maximum absolute atomic E-state index is 12.3. The molecule has 22 heavy (non-hydrogen) atoms. The number of rotatable bonds is 5. The number of nitrogens with zero attached hydrogens (tertiary/aromatic N) is 2. The Balaban J connectivity index is 2.09. The smallest absolute Gasteiger partial charge is 0.225 e. The summed E-state index contributed by atoms with van der Waals surface area (Å²) in [7, 11) is 1.92. The van der Waals surface area contributed by atoms with Crippen molar-refractivity contribution in [2.45, 2.75) is 26.3 Å². The zero-order valence-electron chi connectivity index (χ0n) is 12.8. The highest BCUT2D eigenvalue weighted by molar-refractivity contribution is 6.42. The van der Waals surface area contributed by atoms with Gasteiger partial charge in [-0.2, -0.15) is 0 Å². The second kappa shape index (κ2) is 7.16. The number of amides is 1. The van der Waals surface area contributed by atoms with E-state index in [1.807, 2.05) is 17.8 Å². The van der Waals surface area contributed by atoms with Crippen LogP contribution in [0.1, 0.15) is 31.3 Å². The first-order valence-corrected chi connectivity index (χ1v) is 7.84. The summed E-state index contributed by atoms with van der Waals surface area (Å²) in [6.45, 7) is 4.11. The Morgan fingerprint density at radius 3 is 2.59 bits per heavy atom. The van der Waals surface area contributed by atoms with Crippen molar-refractivity contribution in [3.63, 3.8) is 0 Å². The second-order valence-electron chi connectivity index (χ2n) is 5.61. The monoisotopic (exact) mass is 339 g/mol. The molecule has 1 aromatic heterocycles. The van der Waals surface area contributed by atoms with E-state index in [0.717, 1.165) is 11.4 Å². The van der Waals surface area contributed by atoms with Gasteiger partial charge in [-0.05, 0) is 23.6 Å². The average Bonchev–Trinajstić information content (AvgIpc) is 2.86. The molecule has 0 fully saturated rings. The third-order valence-corrected chi connectivity index (χ3v) is 4.21. The molecule has 1 heterocycles. The summed E-state index contributed by atoms with van der Waals surface area (Å²) in [4.78, 5) is 16.6. The first-order chi connectivity index (χ1) is 10.4. The molecule has 2 rings (SSSR count). The Morgan fingerprint density at radius 1 is 1.32 bits per heavy atom. The van der Waals surface area contributed by atoms with Crippen LogP contribution >= 0.6 is 23.2 Å². The molecule has 0 aliphatic rings. The van der Waals surface area contributed by atoms with Gasteiger partial charge in [-0.15, -0.1) is 0 Å². The van der Waals surface area contributed by atoms with Crippen molar-refractivity contribution in [2.24, 2.45) is 13.0 Å². The largest absolute Gasteiger partial charge is 0.346 e. The van der Waals surface area contributed by atoms with E-state index in [0.29, 0.717) is 10.0 Å². The fourth-order valence-electron chi connectivity index (χ4n) is 2.27. The zero-order chi connectivity index (χ0) is 16.3. The number of benzene rings is 1. The topological polar surface area (TPSA) is 46.9 Å². The summed E-state index contributed by atoms with van der Waals surface area (Å²) < 4.78 is 1.92. The first-order valence-electron chi connectivity index (χ1n) is 7.09. The predicted octanol–water partition coefficient (Wildman–Crippen LogP) is 3.78. The molecule has 0 saturated carbocycles. The van der Waals surface area contributed by atoms with Crippen molar-refractivity contribution >= 4 is 29.1 Å². The molecule has 1 aromatic carbocycles. The van der Waals surface area contributed by atoms with E-state index in [4.69, 9.17) is 23.2 Å². The Morgan fingerprint density at radius 2 is 2.05 bits per heavy atom. The van der Waals surface area contributed by atoms with Gasteiger partial charge in [-0.1, -0.05) is 43.1 Å². The van der Waals surface area contributed by atoms with Gasteiger partial charge < -0.3 is 9.88 Å². The fraction of sp³-hybridized carbons (Fsp3) is 0.375. The number of aryl methyl sites for hydroxylation is 1. The molecule has 0 unspecified atom stereocenters. The highest BCUT2D eigenvalue weighted by Gasteiger charge is 2.22. The van der Waals surface area contributed by atoms with E-state index in [1.165, 1.54) is 0 Å². The number of hydrogen-bond acceptors (Lipinski definition) is 2.